The summed E-state index contributed by atoms with van der Waals surface area (Å²) in [5, 5.41) is 7.72. The second kappa shape index (κ2) is 23.8. The van der Waals surface area contributed by atoms with E-state index in [2.05, 4.69) is 4.72 Å². The number of aliphatic hydroxyl groups is 1. The van der Waals surface area contributed by atoms with Crippen molar-refractivity contribution in [2.75, 3.05) is 57.7 Å². The van der Waals surface area contributed by atoms with Gasteiger partial charge in [0.2, 0.25) is 10.0 Å². The first-order valence-electron chi connectivity index (χ1n) is 12.0. The molecule has 0 aromatic carbocycles. The van der Waals surface area contributed by atoms with E-state index in [4.69, 9.17) is 5.11 Å². The molecule has 0 aromatic heterocycles. The number of sulfonamides is 1. The molecule has 0 spiro atoms. The molecule has 0 saturated heterocycles. The molecule has 2 N–H and O–H groups in total. The zero-order valence-corrected chi connectivity index (χ0v) is 33.0. The minimum atomic E-state index is -4.73. The van der Waals surface area contributed by atoms with E-state index in [0.717, 1.165) is 0 Å². The molecule has 0 saturated carbocycles. The number of aliphatic hydroxyl groups excluding tert-OH is 1. The van der Waals surface area contributed by atoms with Crippen molar-refractivity contribution in [3.05, 3.63) is 0 Å². The Morgan fingerprint density at radius 3 is 1.02 bits per heavy atom. The van der Waals surface area contributed by atoms with Crippen LogP contribution in [0, 0.1) is 0 Å². The van der Waals surface area contributed by atoms with Gasteiger partial charge in [-0.15, -0.1) is 0 Å². The van der Waals surface area contributed by atoms with Crippen LogP contribution in [0.3, 0.4) is 0 Å². The van der Waals surface area contributed by atoms with Gasteiger partial charge in [0.15, 0.2) is 24.8 Å². The number of rotatable bonds is 22. The first kappa shape index (κ1) is 58.5. The summed E-state index contributed by atoms with van der Waals surface area (Å²) in [5.74, 6) is -7.15. The molecule has 21 nitrogen and oxygen atoms in total. The van der Waals surface area contributed by atoms with Gasteiger partial charge in [-0.05, 0) is 32.6 Å². The molecule has 1 atom stereocenters. The van der Waals surface area contributed by atoms with Gasteiger partial charge in [0.05, 0.1) is 65.2 Å². The van der Waals surface area contributed by atoms with Gasteiger partial charge >= 0.3 is 56.6 Å². The van der Waals surface area contributed by atoms with Gasteiger partial charge in [0.1, 0.15) is 0 Å². The molecule has 0 rings (SSSR count). The Morgan fingerprint density at radius 2 is 0.750 bits per heavy atom. The summed E-state index contributed by atoms with van der Waals surface area (Å²) in [6, 6.07) is 0. The molecular formula is C16H34Li3NO20S8. The van der Waals surface area contributed by atoms with E-state index < -0.39 is 154 Å². The number of sulfone groups is 2. The van der Waals surface area contributed by atoms with Crippen LogP contribution < -0.4 is 61.3 Å². The van der Waals surface area contributed by atoms with Crippen molar-refractivity contribution in [1.82, 2.24) is 4.72 Å². The molecule has 0 aliphatic rings. The van der Waals surface area contributed by atoms with Crippen LogP contribution in [0.25, 0.3) is 0 Å². The monoisotopic (exact) mass is 837 g/mol. The second-order valence-corrected chi connectivity index (χ2v) is 26.6. The van der Waals surface area contributed by atoms with Crippen molar-refractivity contribution < 1.29 is 143 Å². The summed E-state index contributed by atoms with van der Waals surface area (Å²) in [6.45, 7) is 1.13. The van der Waals surface area contributed by atoms with Crippen LogP contribution in [0.2, 0.25) is 0 Å². The van der Waals surface area contributed by atoms with Gasteiger partial charge in [0.25, 0.3) is 17.7 Å². The third-order valence-corrected chi connectivity index (χ3v) is 18.8. The van der Waals surface area contributed by atoms with Gasteiger partial charge < -0.3 is 18.8 Å². The summed E-state index contributed by atoms with van der Waals surface area (Å²) in [5.41, 5.74) is 0. The van der Waals surface area contributed by atoms with Crippen LogP contribution in [0.5, 0.6) is 0 Å². The first-order chi connectivity index (χ1) is 19.7. The molecule has 0 aliphatic heterocycles. The quantitative estimate of drug-likeness (QED) is 0.0580. The molecule has 0 bridgehead atoms. The maximum absolute atomic E-state index is 11.7. The Morgan fingerprint density at radius 1 is 0.479 bits per heavy atom. The summed E-state index contributed by atoms with van der Waals surface area (Å²) < 4.78 is 210. The molecule has 0 radical (unpaired) electrons. The van der Waals surface area contributed by atoms with Gasteiger partial charge in [0, 0.05) is 23.8 Å². The van der Waals surface area contributed by atoms with E-state index in [9.17, 15) is 81.0 Å². The van der Waals surface area contributed by atoms with E-state index in [0.29, 0.717) is 0 Å². The predicted octanol–water partition coefficient (Wildman–Crippen LogP) is -14.0. The van der Waals surface area contributed by atoms with Crippen molar-refractivity contribution in [2.45, 2.75) is 38.7 Å². The number of hydrogen-bond donors (Lipinski definition) is 2. The normalized spacial score (nSPS) is 13.9. The SMILES string of the molecule is CC(O)CNS(=O)(=O)CCCS(=O)(=O)CS(=O)(=O)CCCS(=O)(=O)[O-].O=S(=O)([O-])CCCS(=O)(=O)S(=O)(=O)CCCS(=O)(=O)[O-].[Li+].[Li+].[Li+]. The van der Waals surface area contributed by atoms with Crippen molar-refractivity contribution >= 4 is 77.8 Å². The zero-order valence-electron chi connectivity index (χ0n) is 26.4. The molecule has 0 aromatic rings. The molecule has 0 amide bonds. The average molecular weight is 838 g/mol. The van der Waals surface area contributed by atoms with Crippen LogP contribution in [0.1, 0.15) is 32.6 Å². The summed E-state index contributed by atoms with van der Waals surface area (Å²) >= 11 is 0. The van der Waals surface area contributed by atoms with Crippen molar-refractivity contribution in [3.8, 4) is 0 Å². The molecule has 1 unspecified atom stereocenters. The molecule has 32 heteroatoms. The molecule has 0 aliphatic carbocycles. The van der Waals surface area contributed by atoms with E-state index in [1.807, 2.05) is 0 Å². The van der Waals surface area contributed by atoms with Gasteiger partial charge in [-0.3, -0.25) is 0 Å². The van der Waals surface area contributed by atoms with E-state index in [-0.39, 0.29) is 69.5 Å². The fourth-order valence-electron chi connectivity index (χ4n) is 2.71. The third-order valence-electron chi connectivity index (χ3n) is 4.64. The van der Waals surface area contributed by atoms with Gasteiger partial charge in [-0.1, -0.05) is 0 Å². The first-order valence-corrected chi connectivity index (χ1v) is 25.9. The second-order valence-electron chi connectivity index (χ2n) is 9.25. The summed E-state index contributed by atoms with van der Waals surface area (Å²) in [4.78, 5) is 0. The topological polar surface area (TPSA) is 375 Å². The van der Waals surface area contributed by atoms with Gasteiger partial charge in [-0.25, -0.2) is 72.1 Å². The van der Waals surface area contributed by atoms with Crippen LogP contribution in [0.4, 0.5) is 0 Å². The van der Waals surface area contributed by atoms with E-state index in [1.54, 1.807) is 0 Å². The van der Waals surface area contributed by atoms with Crippen molar-refractivity contribution in [3.63, 3.8) is 0 Å². The zero-order chi connectivity index (χ0) is 36.2. The number of nitrogens with one attached hydrogen (secondary N) is 1. The predicted molar refractivity (Wildman–Crippen MR) is 156 cm³/mol. The fraction of sp³-hybridized carbons (Fsp3) is 1.00. The van der Waals surface area contributed by atoms with Crippen molar-refractivity contribution in [2.24, 2.45) is 0 Å². The molecule has 0 fully saturated rings. The fourth-order valence-corrected chi connectivity index (χ4v) is 14.1. The molecule has 0 heterocycles. The summed E-state index contributed by atoms with van der Waals surface area (Å²) in [6.07, 6.45) is -3.15. The minimum absolute atomic E-state index is 0. The minimum Gasteiger partial charge on any atom is -0.748 e. The maximum Gasteiger partial charge on any atom is 1.00 e. The van der Waals surface area contributed by atoms with E-state index in [1.165, 1.54) is 6.92 Å². The number of hydrogen-bond acceptors (Lipinski definition) is 20. The van der Waals surface area contributed by atoms with Crippen LogP contribution in [0.15, 0.2) is 0 Å². The van der Waals surface area contributed by atoms with Crippen molar-refractivity contribution in [1.29, 1.82) is 0 Å². The van der Waals surface area contributed by atoms with E-state index >= 15 is 0 Å². The summed E-state index contributed by atoms with van der Waals surface area (Å²) in [7, 11) is -35.4. The molecular weight excluding hydrogens is 804 g/mol. The maximum atomic E-state index is 11.7. The Bertz CT molecular complexity index is 1770. The van der Waals surface area contributed by atoms with Crippen LogP contribution >= 0.6 is 0 Å². The Labute approximate surface area is 318 Å². The Hall–Kier alpha value is 1.19. The largest absolute Gasteiger partial charge is 1.00 e. The van der Waals surface area contributed by atoms with Gasteiger partial charge in [-0.2, -0.15) is 0 Å². The Balaban J connectivity index is -0.000000247. The average Bonchev–Trinajstić information content (AvgIpc) is 2.73. The Kier molecular flexibility index (Phi) is 29.0. The molecule has 48 heavy (non-hydrogen) atoms. The van der Waals surface area contributed by atoms with Crippen LogP contribution in [-0.2, 0) is 77.8 Å². The molecule has 274 valence electrons. The third kappa shape index (κ3) is 34.3. The smallest absolute Gasteiger partial charge is 0.748 e. The standard InChI is InChI=1S/C10H23NO10S4.C6H14O10S4.3Li/c1-10(12)8-11-24(17,18)6-2-4-22(13,14)9-23(15,16)5-3-7-25(19,20)21;7-17(8,9)3-1-5-19(13,14)20(15,16)6-2-4-18(10,11)12;;;/h10-12H,2-9H2,1H3,(H,19,20,21);1-6H2,(H,7,8,9)(H,10,11,12);;;/q;;3*+1/p-3. The van der Waals surface area contributed by atoms with Crippen LogP contribution in [-0.4, -0.2) is 150 Å².